The topological polar surface area (TPSA) is 41.1 Å². The zero-order valence-corrected chi connectivity index (χ0v) is 7.02. The Labute approximate surface area is 67.5 Å². The van der Waals surface area contributed by atoms with Crippen LogP contribution in [-0.2, 0) is 4.79 Å². The van der Waals surface area contributed by atoms with Gasteiger partial charge in [-0.25, -0.2) is 0 Å². The van der Waals surface area contributed by atoms with E-state index in [2.05, 4.69) is 10.6 Å². The first-order chi connectivity index (χ1) is 5.29. The average Bonchev–Trinajstić information content (AvgIpc) is 1.82. The number of rotatable bonds is 4. The van der Waals surface area contributed by atoms with Crippen LogP contribution in [0.3, 0.4) is 0 Å². The van der Waals surface area contributed by atoms with Gasteiger partial charge in [-0.15, -0.1) is 0 Å². The summed E-state index contributed by atoms with van der Waals surface area (Å²) < 4.78 is 0. The second-order valence-corrected chi connectivity index (χ2v) is 3.06. The minimum atomic E-state index is 0.0755. The van der Waals surface area contributed by atoms with Gasteiger partial charge >= 0.3 is 0 Å². The molecule has 1 atom stereocenters. The fourth-order valence-corrected chi connectivity index (χ4v) is 1.21. The fraction of sp³-hybridized carbons (Fsp3) is 0.875. The summed E-state index contributed by atoms with van der Waals surface area (Å²) in [5, 5.41) is 6.10. The van der Waals surface area contributed by atoms with Crippen molar-refractivity contribution in [1.82, 2.24) is 10.6 Å². The molecule has 1 saturated heterocycles. The number of hydrogen-bond acceptors (Lipinski definition) is 2. The average molecular weight is 156 g/mol. The molecule has 0 bridgehead atoms. The smallest absolute Gasteiger partial charge is 0.216 e. The summed E-state index contributed by atoms with van der Waals surface area (Å²) in [5.41, 5.74) is 0. The van der Waals surface area contributed by atoms with Crippen molar-refractivity contribution in [3.8, 4) is 0 Å². The van der Waals surface area contributed by atoms with E-state index in [-0.39, 0.29) is 5.91 Å². The normalized spacial score (nSPS) is 22.5. The van der Waals surface area contributed by atoms with Gasteiger partial charge in [-0.05, 0) is 25.8 Å². The molecule has 11 heavy (non-hydrogen) atoms. The van der Waals surface area contributed by atoms with E-state index in [9.17, 15) is 4.79 Å². The summed E-state index contributed by atoms with van der Waals surface area (Å²) in [6.07, 6.45) is 3.59. The van der Waals surface area contributed by atoms with Gasteiger partial charge in [0, 0.05) is 19.5 Å². The van der Waals surface area contributed by atoms with Crippen LogP contribution in [-0.4, -0.2) is 25.0 Å². The van der Waals surface area contributed by atoms with Gasteiger partial charge in [0.25, 0.3) is 0 Å². The minimum Gasteiger partial charge on any atom is -0.356 e. The molecule has 0 spiro atoms. The van der Waals surface area contributed by atoms with E-state index in [4.69, 9.17) is 0 Å². The van der Waals surface area contributed by atoms with Crippen molar-refractivity contribution in [2.45, 2.75) is 32.2 Å². The highest BCUT2D eigenvalue weighted by Gasteiger charge is 2.14. The maximum absolute atomic E-state index is 10.4. The van der Waals surface area contributed by atoms with Gasteiger partial charge < -0.3 is 10.6 Å². The number of carbonyl (C=O) groups excluding carboxylic acids is 1. The molecule has 0 radical (unpaired) electrons. The molecule has 3 heteroatoms. The van der Waals surface area contributed by atoms with Crippen LogP contribution in [0, 0.1) is 0 Å². The van der Waals surface area contributed by atoms with Crippen molar-refractivity contribution < 1.29 is 4.79 Å². The van der Waals surface area contributed by atoms with Crippen molar-refractivity contribution in [2.24, 2.45) is 0 Å². The molecular weight excluding hydrogens is 140 g/mol. The molecule has 64 valence electrons. The molecule has 1 rings (SSSR count). The first-order valence-electron chi connectivity index (χ1n) is 4.27. The zero-order valence-electron chi connectivity index (χ0n) is 7.02. The number of nitrogens with one attached hydrogen (secondary N) is 2. The molecule has 0 aromatic heterocycles. The Morgan fingerprint density at radius 3 is 2.91 bits per heavy atom. The van der Waals surface area contributed by atoms with E-state index in [1.165, 1.54) is 19.4 Å². The lowest BCUT2D eigenvalue weighted by Gasteiger charge is -2.27. The molecule has 3 nitrogen and oxygen atoms in total. The molecule has 0 aromatic rings. The van der Waals surface area contributed by atoms with Crippen molar-refractivity contribution in [1.29, 1.82) is 0 Å². The van der Waals surface area contributed by atoms with Crippen LogP contribution >= 0.6 is 0 Å². The van der Waals surface area contributed by atoms with E-state index in [0.29, 0.717) is 0 Å². The largest absolute Gasteiger partial charge is 0.356 e. The molecule has 0 aromatic carbocycles. The molecule has 1 fully saturated rings. The van der Waals surface area contributed by atoms with Crippen LogP contribution in [0.2, 0.25) is 0 Å². The highest BCUT2D eigenvalue weighted by atomic mass is 16.1. The standard InChI is InChI=1S/C8H16N2O/c1-7(11)9-5-2-3-8-4-6-10-8/h8,10H,2-6H2,1H3,(H,9,11). The second kappa shape index (κ2) is 4.34. The molecule has 1 aliphatic heterocycles. The monoisotopic (exact) mass is 156 g/mol. The van der Waals surface area contributed by atoms with Crippen molar-refractivity contribution in [3.63, 3.8) is 0 Å². The molecule has 2 N–H and O–H groups in total. The molecule has 0 saturated carbocycles. The van der Waals surface area contributed by atoms with Gasteiger partial charge in [-0.3, -0.25) is 4.79 Å². The van der Waals surface area contributed by atoms with E-state index in [1.807, 2.05) is 0 Å². The van der Waals surface area contributed by atoms with E-state index in [1.54, 1.807) is 6.92 Å². The highest BCUT2D eigenvalue weighted by Crippen LogP contribution is 2.07. The van der Waals surface area contributed by atoms with Gasteiger partial charge in [0.1, 0.15) is 0 Å². The van der Waals surface area contributed by atoms with Crippen molar-refractivity contribution >= 4 is 5.91 Å². The minimum absolute atomic E-state index is 0.0755. The molecule has 1 amide bonds. The summed E-state index contributed by atoms with van der Waals surface area (Å²) in [7, 11) is 0. The van der Waals surface area contributed by atoms with Gasteiger partial charge in [0.15, 0.2) is 0 Å². The van der Waals surface area contributed by atoms with Crippen LogP contribution in [0.25, 0.3) is 0 Å². The van der Waals surface area contributed by atoms with Crippen LogP contribution in [0.5, 0.6) is 0 Å². The van der Waals surface area contributed by atoms with Crippen LogP contribution in [0.15, 0.2) is 0 Å². The summed E-state index contributed by atoms with van der Waals surface area (Å²) in [4.78, 5) is 10.4. The lowest BCUT2D eigenvalue weighted by Crippen LogP contribution is -2.43. The SMILES string of the molecule is CC(=O)NCCCC1CCN1. The van der Waals surface area contributed by atoms with Crippen molar-refractivity contribution in [2.75, 3.05) is 13.1 Å². The van der Waals surface area contributed by atoms with Crippen molar-refractivity contribution in [3.05, 3.63) is 0 Å². The summed E-state index contributed by atoms with van der Waals surface area (Å²) in [6, 6.07) is 0.726. The van der Waals surface area contributed by atoms with Gasteiger partial charge in [0.2, 0.25) is 5.91 Å². The third kappa shape index (κ3) is 3.37. The Morgan fingerprint density at radius 2 is 2.45 bits per heavy atom. The van der Waals surface area contributed by atoms with Gasteiger partial charge in [0.05, 0.1) is 0 Å². The summed E-state index contributed by atoms with van der Waals surface area (Å²) >= 11 is 0. The van der Waals surface area contributed by atoms with Gasteiger partial charge in [-0.2, -0.15) is 0 Å². The van der Waals surface area contributed by atoms with E-state index >= 15 is 0 Å². The number of amides is 1. The van der Waals surface area contributed by atoms with Crippen LogP contribution < -0.4 is 10.6 Å². The molecule has 0 aliphatic carbocycles. The first-order valence-corrected chi connectivity index (χ1v) is 4.27. The molecule has 1 unspecified atom stereocenters. The van der Waals surface area contributed by atoms with Gasteiger partial charge in [-0.1, -0.05) is 0 Å². The summed E-state index contributed by atoms with van der Waals surface area (Å²) in [5.74, 6) is 0.0755. The maximum Gasteiger partial charge on any atom is 0.216 e. The zero-order chi connectivity index (χ0) is 8.10. The summed E-state index contributed by atoms with van der Waals surface area (Å²) in [6.45, 7) is 3.56. The third-order valence-corrected chi connectivity index (χ3v) is 2.03. The fourth-order valence-electron chi connectivity index (χ4n) is 1.21. The van der Waals surface area contributed by atoms with E-state index in [0.717, 1.165) is 19.0 Å². The second-order valence-electron chi connectivity index (χ2n) is 3.06. The Kier molecular flexibility index (Phi) is 3.36. The molecule has 1 heterocycles. The quantitative estimate of drug-likeness (QED) is 0.573. The Morgan fingerprint density at radius 1 is 1.73 bits per heavy atom. The first kappa shape index (κ1) is 8.53. The lowest BCUT2D eigenvalue weighted by atomic mass is 10.0. The highest BCUT2D eigenvalue weighted by molar-refractivity contribution is 5.72. The molecular formula is C8H16N2O. The Balaban J connectivity index is 1.83. The van der Waals surface area contributed by atoms with Crippen LogP contribution in [0.4, 0.5) is 0 Å². The third-order valence-electron chi connectivity index (χ3n) is 2.03. The maximum atomic E-state index is 10.4. The predicted octanol–water partition coefficient (Wildman–Crippen LogP) is 0.265. The lowest BCUT2D eigenvalue weighted by molar-refractivity contribution is -0.118. The van der Waals surface area contributed by atoms with Crippen LogP contribution in [0.1, 0.15) is 26.2 Å². The Hall–Kier alpha value is -0.570. The van der Waals surface area contributed by atoms with E-state index < -0.39 is 0 Å². The predicted molar refractivity (Wildman–Crippen MR) is 44.3 cm³/mol. The number of carbonyl (C=O) groups is 1. The number of hydrogen-bond donors (Lipinski definition) is 2. The Bertz CT molecular complexity index is 132. The molecule has 1 aliphatic rings.